The second-order valence-electron chi connectivity index (χ2n) is 8.33. The summed E-state index contributed by atoms with van der Waals surface area (Å²) in [6, 6.07) is 23.0. The molecule has 0 N–H and O–H groups in total. The van der Waals surface area contributed by atoms with Crippen molar-refractivity contribution in [2.75, 3.05) is 27.3 Å². The van der Waals surface area contributed by atoms with Crippen molar-refractivity contribution in [2.24, 2.45) is 0 Å². The summed E-state index contributed by atoms with van der Waals surface area (Å²) in [6.45, 7) is 3.02. The third-order valence-corrected chi connectivity index (χ3v) is 6.28. The Hall–Kier alpha value is -3.64. The first-order chi connectivity index (χ1) is 16.2. The lowest BCUT2D eigenvalue weighted by atomic mass is 9.98. The van der Waals surface area contributed by atoms with E-state index in [1.165, 1.54) is 16.7 Å². The van der Waals surface area contributed by atoms with E-state index in [4.69, 9.17) is 9.47 Å². The molecule has 0 unspecified atom stereocenters. The van der Waals surface area contributed by atoms with E-state index in [1.54, 1.807) is 14.2 Å². The maximum atomic E-state index is 5.49. The van der Waals surface area contributed by atoms with Gasteiger partial charge in [0.25, 0.3) is 0 Å². The van der Waals surface area contributed by atoms with Crippen LogP contribution >= 0.6 is 0 Å². The quantitative estimate of drug-likeness (QED) is 0.422. The third kappa shape index (κ3) is 4.61. The number of fused-ring (bicyclic) bond motifs is 1. The first-order valence-corrected chi connectivity index (χ1v) is 11.3. The molecule has 1 aliphatic heterocycles. The first kappa shape index (κ1) is 21.2. The zero-order chi connectivity index (χ0) is 22.6. The maximum absolute atomic E-state index is 5.49. The van der Waals surface area contributed by atoms with Crippen LogP contribution in [0.1, 0.15) is 16.7 Å². The fraction of sp³-hybridized carbons (Fsp3) is 0.259. The van der Waals surface area contributed by atoms with Gasteiger partial charge in [-0.15, -0.1) is 5.10 Å². The molecule has 0 amide bonds. The van der Waals surface area contributed by atoms with Crippen molar-refractivity contribution >= 4 is 0 Å². The molecule has 33 heavy (non-hydrogen) atoms. The van der Waals surface area contributed by atoms with Crippen LogP contribution in [-0.4, -0.2) is 47.2 Å². The summed E-state index contributed by atoms with van der Waals surface area (Å²) in [5, 5.41) is 8.61. The van der Waals surface area contributed by atoms with Crippen molar-refractivity contribution in [2.45, 2.75) is 19.4 Å². The minimum Gasteiger partial charge on any atom is -0.493 e. The Balaban J connectivity index is 1.21. The molecule has 0 bridgehead atoms. The van der Waals surface area contributed by atoms with Crippen molar-refractivity contribution in [3.8, 4) is 28.4 Å². The van der Waals surface area contributed by atoms with Crippen LogP contribution in [0.2, 0.25) is 0 Å². The third-order valence-electron chi connectivity index (χ3n) is 6.28. The molecule has 2 heterocycles. The normalized spacial score (nSPS) is 13.5. The van der Waals surface area contributed by atoms with Gasteiger partial charge in [-0.25, -0.2) is 4.68 Å². The second kappa shape index (κ2) is 9.46. The lowest BCUT2D eigenvalue weighted by Crippen LogP contribution is -2.32. The molecule has 1 aliphatic rings. The molecule has 1 aromatic heterocycles. The maximum Gasteiger partial charge on any atom is 0.161 e. The molecule has 0 atom stereocenters. The first-order valence-electron chi connectivity index (χ1n) is 11.3. The van der Waals surface area contributed by atoms with E-state index in [1.807, 2.05) is 41.2 Å². The fourth-order valence-electron chi connectivity index (χ4n) is 4.37. The zero-order valence-electron chi connectivity index (χ0n) is 19.1. The van der Waals surface area contributed by atoms with Gasteiger partial charge < -0.3 is 9.47 Å². The molecule has 0 spiro atoms. The predicted octanol–water partition coefficient (Wildman–Crippen LogP) is 4.55. The molecule has 0 fully saturated rings. The van der Waals surface area contributed by atoms with Gasteiger partial charge in [0.1, 0.15) is 5.69 Å². The van der Waals surface area contributed by atoms with E-state index in [0.29, 0.717) is 0 Å². The summed E-state index contributed by atoms with van der Waals surface area (Å²) in [6.07, 6.45) is 4.01. The van der Waals surface area contributed by atoms with Crippen molar-refractivity contribution in [1.82, 2.24) is 19.9 Å². The number of ether oxygens (including phenoxy) is 2. The van der Waals surface area contributed by atoms with E-state index in [0.717, 1.165) is 60.9 Å². The van der Waals surface area contributed by atoms with Crippen LogP contribution in [0.3, 0.4) is 0 Å². The van der Waals surface area contributed by atoms with Gasteiger partial charge in [-0.2, -0.15) is 0 Å². The van der Waals surface area contributed by atoms with E-state index < -0.39 is 0 Å². The van der Waals surface area contributed by atoms with Crippen molar-refractivity contribution in [1.29, 1.82) is 0 Å². The molecule has 4 aromatic rings. The highest BCUT2D eigenvalue weighted by Crippen LogP contribution is 2.33. The number of benzene rings is 3. The zero-order valence-corrected chi connectivity index (χ0v) is 19.1. The lowest BCUT2D eigenvalue weighted by Gasteiger charge is -2.29. The van der Waals surface area contributed by atoms with E-state index in [9.17, 15) is 0 Å². The number of hydrogen-bond acceptors (Lipinski definition) is 5. The summed E-state index contributed by atoms with van der Waals surface area (Å²) in [7, 11) is 3.38. The molecule has 6 heteroatoms. The summed E-state index contributed by atoms with van der Waals surface area (Å²) in [4.78, 5) is 2.51. The van der Waals surface area contributed by atoms with Crippen LogP contribution in [0, 0.1) is 0 Å². The summed E-state index contributed by atoms with van der Waals surface area (Å²) in [5.41, 5.74) is 6.96. The van der Waals surface area contributed by atoms with E-state index in [2.05, 4.69) is 51.6 Å². The minimum absolute atomic E-state index is 0.803. The van der Waals surface area contributed by atoms with Gasteiger partial charge >= 0.3 is 0 Å². The largest absolute Gasteiger partial charge is 0.493 e. The van der Waals surface area contributed by atoms with E-state index in [-0.39, 0.29) is 0 Å². The summed E-state index contributed by atoms with van der Waals surface area (Å²) in [5.74, 6) is 1.62. The van der Waals surface area contributed by atoms with Crippen molar-refractivity contribution in [3.05, 3.63) is 89.6 Å². The SMILES string of the molecule is COc1cc2c(cc1OC)CN(CCc1ccc(-n3cc(-c4ccccc4)nn3)cc1)CC2. The Bertz CT molecular complexity index is 1220. The number of methoxy groups -OCH3 is 2. The van der Waals surface area contributed by atoms with Crippen LogP contribution in [-0.2, 0) is 19.4 Å². The molecular weight excluding hydrogens is 412 g/mol. The van der Waals surface area contributed by atoms with Crippen molar-refractivity contribution < 1.29 is 9.47 Å². The molecule has 168 valence electrons. The highest BCUT2D eigenvalue weighted by atomic mass is 16.5. The molecule has 0 saturated carbocycles. The number of hydrogen-bond donors (Lipinski definition) is 0. The van der Waals surface area contributed by atoms with Gasteiger partial charge in [0, 0.05) is 25.2 Å². The summed E-state index contributed by atoms with van der Waals surface area (Å²) >= 11 is 0. The fourth-order valence-corrected chi connectivity index (χ4v) is 4.37. The number of aromatic nitrogens is 3. The molecule has 0 radical (unpaired) electrons. The Morgan fingerprint density at radius 1 is 0.879 bits per heavy atom. The molecule has 0 aliphatic carbocycles. The van der Waals surface area contributed by atoms with Crippen LogP contribution in [0.4, 0.5) is 0 Å². The Morgan fingerprint density at radius 2 is 1.61 bits per heavy atom. The van der Waals surface area contributed by atoms with Gasteiger partial charge in [-0.05, 0) is 53.8 Å². The van der Waals surface area contributed by atoms with Crippen LogP contribution in [0.15, 0.2) is 72.9 Å². The molecular formula is C27H28N4O2. The van der Waals surface area contributed by atoms with Crippen LogP contribution in [0.5, 0.6) is 11.5 Å². The van der Waals surface area contributed by atoms with Gasteiger partial charge in [0.2, 0.25) is 0 Å². The Morgan fingerprint density at radius 3 is 2.33 bits per heavy atom. The van der Waals surface area contributed by atoms with Crippen LogP contribution in [0.25, 0.3) is 16.9 Å². The Labute approximate surface area is 194 Å². The number of rotatable bonds is 7. The number of nitrogens with zero attached hydrogens (tertiary/aromatic N) is 4. The molecule has 3 aromatic carbocycles. The lowest BCUT2D eigenvalue weighted by molar-refractivity contribution is 0.255. The highest BCUT2D eigenvalue weighted by Gasteiger charge is 2.19. The van der Waals surface area contributed by atoms with E-state index >= 15 is 0 Å². The summed E-state index contributed by atoms with van der Waals surface area (Å²) < 4.78 is 12.8. The monoisotopic (exact) mass is 440 g/mol. The standard InChI is InChI=1S/C27H28N4O2/c1-32-26-16-22-13-15-30(18-23(22)17-27(26)33-2)14-12-20-8-10-24(11-9-20)31-19-25(28-29-31)21-6-4-3-5-7-21/h3-11,16-17,19H,12-15,18H2,1-2H3. The van der Waals surface area contributed by atoms with Gasteiger partial charge in [-0.3, -0.25) is 4.90 Å². The van der Waals surface area contributed by atoms with Crippen molar-refractivity contribution in [3.63, 3.8) is 0 Å². The topological polar surface area (TPSA) is 52.4 Å². The molecule has 5 rings (SSSR count). The minimum atomic E-state index is 0.803. The predicted molar refractivity (Wildman–Crippen MR) is 129 cm³/mol. The second-order valence-corrected chi connectivity index (χ2v) is 8.33. The average molecular weight is 441 g/mol. The average Bonchev–Trinajstić information content (AvgIpc) is 3.38. The Kier molecular flexibility index (Phi) is 6.09. The van der Waals surface area contributed by atoms with Gasteiger partial charge in [-0.1, -0.05) is 47.7 Å². The smallest absolute Gasteiger partial charge is 0.161 e. The molecule has 6 nitrogen and oxygen atoms in total. The molecule has 0 saturated heterocycles. The van der Waals surface area contributed by atoms with Gasteiger partial charge in [0.05, 0.1) is 26.1 Å². The highest BCUT2D eigenvalue weighted by molar-refractivity contribution is 5.57. The van der Waals surface area contributed by atoms with Gasteiger partial charge in [0.15, 0.2) is 11.5 Å². The van der Waals surface area contributed by atoms with Crippen LogP contribution < -0.4 is 9.47 Å².